The Morgan fingerprint density at radius 1 is 1.29 bits per heavy atom. The highest BCUT2D eigenvalue weighted by molar-refractivity contribution is 5.03. The number of rotatable bonds is 7. The SMILES string of the molecule is C=CC(O)(CC)CCC=C(CC)CC. The summed E-state index contributed by atoms with van der Waals surface area (Å²) in [5, 5.41) is 9.94. The minimum atomic E-state index is -0.664. The van der Waals surface area contributed by atoms with Crippen LogP contribution in [0.5, 0.6) is 0 Å². The lowest BCUT2D eigenvalue weighted by atomic mass is 9.94. The second-order valence-corrected chi connectivity index (χ2v) is 3.77. The third-order valence-corrected chi connectivity index (χ3v) is 2.91. The first kappa shape index (κ1) is 13.4. The van der Waals surface area contributed by atoms with Crippen molar-refractivity contribution >= 4 is 0 Å². The predicted molar refractivity (Wildman–Crippen MR) is 63.3 cm³/mol. The Labute approximate surface area is 88.5 Å². The first-order valence-corrected chi connectivity index (χ1v) is 5.65. The standard InChI is InChI=1S/C13H24O/c1-5-12(6-2)10-9-11-13(14,7-3)8-4/h7,10,14H,3,5-6,8-9,11H2,1-2,4H3. The van der Waals surface area contributed by atoms with E-state index in [2.05, 4.69) is 26.5 Å². The molecule has 0 fully saturated rings. The smallest absolute Gasteiger partial charge is 0.0825 e. The van der Waals surface area contributed by atoms with Gasteiger partial charge in [-0.05, 0) is 32.1 Å². The molecular formula is C13H24O. The Kier molecular flexibility index (Phi) is 6.56. The molecule has 0 spiro atoms. The summed E-state index contributed by atoms with van der Waals surface area (Å²) in [6, 6.07) is 0. The summed E-state index contributed by atoms with van der Waals surface area (Å²) in [6.45, 7) is 10.0. The summed E-state index contributed by atoms with van der Waals surface area (Å²) in [5.41, 5.74) is 0.816. The van der Waals surface area contributed by atoms with Crippen LogP contribution in [0, 0.1) is 0 Å². The van der Waals surface area contributed by atoms with E-state index < -0.39 is 5.60 Å². The summed E-state index contributed by atoms with van der Waals surface area (Å²) in [7, 11) is 0. The van der Waals surface area contributed by atoms with Gasteiger partial charge in [-0.25, -0.2) is 0 Å². The van der Waals surface area contributed by atoms with Gasteiger partial charge in [-0.1, -0.05) is 38.5 Å². The van der Waals surface area contributed by atoms with E-state index in [9.17, 15) is 5.11 Å². The van der Waals surface area contributed by atoms with E-state index in [0.717, 1.165) is 32.1 Å². The van der Waals surface area contributed by atoms with Crippen LogP contribution in [0.15, 0.2) is 24.3 Å². The van der Waals surface area contributed by atoms with E-state index >= 15 is 0 Å². The monoisotopic (exact) mass is 196 g/mol. The van der Waals surface area contributed by atoms with E-state index in [1.165, 1.54) is 5.57 Å². The molecule has 0 aliphatic rings. The number of hydrogen-bond acceptors (Lipinski definition) is 1. The minimum Gasteiger partial charge on any atom is -0.386 e. The fourth-order valence-corrected chi connectivity index (χ4v) is 1.49. The first-order valence-electron chi connectivity index (χ1n) is 5.65. The molecule has 0 saturated heterocycles. The van der Waals surface area contributed by atoms with Gasteiger partial charge in [0.1, 0.15) is 0 Å². The van der Waals surface area contributed by atoms with Gasteiger partial charge in [0.25, 0.3) is 0 Å². The molecule has 0 aromatic heterocycles. The van der Waals surface area contributed by atoms with Crippen molar-refractivity contribution in [3.05, 3.63) is 24.3 Å². The zero-order chi connectivity index (χ0) is 11.0. The van der Waals surface area contributed by atoms with Gasteiger partial charge in [0, 0.05) is 0 Å². The van der Waals surface area contributed by atoms with Gasteiger partial charge in [0.05, 0.1) is 5.60 Å². The predicted octanol–water partition coefficient (Wildman–Crippen LogP) is 3.84. The van der Waals surface area contributed by atoms with Crippen molar-refractivity contribution in [2.45, 2.75) is 58.5 Å². The van der Waals surface area contributed by atoms with Crippen molar-refractivity contribution in [2.24, 2.45) is 0 Å². The lowest BCUT2D eigenvalue weighted by Gasteiger charge is -2.21. The van der Waals surface area contributed by atoms with Gasteiger partial charge in [-0.3, -0.25) is 0 Å². The molecule has 1 heteroatoms. The van der Waals surface area contributed by atoms with E-state index in [1.807, 2.05) is 6.92 Å². The molecule has 0 radical (unpaired) electrons. The normalized spacial score (nSPS) is 14.6. The molecule has 0 aliphatic heterocycles. The Bertz CT molecular complexity index is 187. The fourth-order valence-electron chi connectivity index (χ4n) is 1.49. The fraction of sp³-hybridized carbons (Fsp3) is 0.692. The number of hydrogen-bond donors (Lipinski definition) is 1. The van der Waals surface area contributed by atoms with Crippen LogP contribution in [0.4, 0.5) is 0 Å². The highest BCUT2D eigenvalue weighted by Crippen LogP contribution is 2.19. The minimum absolute atomic E-state index is 0.664. The lowest BCUT2D eigenvalue weighted by Crippen LogP contribution is -2.23. The highest BCUT2D eigenvalue weighted by atomic mass is 16.3. The van der Waals surface area contributed by atoms with Crippen molar-refractivity contribution in [3.63, 3.8) is 0 Å². The van der Waals surface area contributed by atoms with Crippen LogP contribution in [0.2, 0.25) is 0 Å². The largest absolute Gasteiger partial charge is 0.386 e. The molecule has 14 heavy (non-hydrogen) atoms. The van der Waals surface area contributed by atoms with Crippen molar-refractivity contribution in [3.8, 4) is 0 Å². The van der Waals surface area contributed by atoms with E-state index in [0.29, 0.717) is 0 Å². The lowest BCUT2D eigenvalue weighted by molar-refractivity contribution is 0.0788. The molecule has 1 nitrogen and oxygen atoms in total. The van der Waals surface area contributed by atoms with E-state index in [1.54, 1.807) is 6.08 Å². The molecule has 0 rings (SSSR count). The molecule has 0 aromatic carbocycles. The van der Waals surface area contributed by atoms with E-state index in [4.69, 9.17) is 0 Å². The average molecular weight is 196 g/mol. The third kappa shape index (κ3) is 4.61. The Hall–Kier alpha value is -0.560. The maximum atomic E-state index is 9.94. The van der Waals surface area contributed by atoms with Gasteiger partial charge in [0.2, 0.25) is 0 Å². The topological polar surface area (TPSA) is 20.2 Å². The van der Waals surface area contributed by atoms with Crippen LogP contribution in [0.25, 0.3) is 0 Å². The molecule has 1 unspecified atom stereocenters. The van der Waals surface area contributed by atoms with Gasteiger partial charge in [-0.15, -0.1) is 6.58 Å². The van der Waals surface area contributed by atoms with Crippen LogP contribution >= 0.6 is 0 Å². The summed E-state index contributed by atoms with van der Waals surface area (Å²) >= 11 is 0. The molecule has 1 N–H and O–H groups in total. The van der Waals surface area contributed by atoms with Crippen molar-refractivity contribution in [1.29, 1.82) is 0 Å². The van der Waals surface area contributed by atoms with Crippen LogP contribution in [-0.4, -0.2) is 10.7 Å². The Balaban J connectivity index is 4.04. The summed E-state index contributed by atoms with van der Waals surface area (Å²) in [5.74, 6) is 0. The van der Waals surface area contributed by atoms with Gasteiger partial charge < -0.3 is 5.11 Å². The Morgan fingerprint density at radius 2 is 1.86 bits per heavy atom. The van der Waals surface area contributed by atoms with Gasteiger partial charge >= 0.3 is 0 Å². The van der Waals surface area contributed by atoms with Crippen LogP contribution < -0.4 is 0 Å². The van der Waals surface area contributed by atoms with Gasteiger partial charge in [-0.2, -0.15) is 0 Å². The molecule has 0 aromatic rings. The molecule has 0 amide bonds. The second kappa shape index (κ2) is 6.83. The van der Waals surface area contributed by atoms with E-state index in [-0.39, 0.29) is 0 Å². The number of allylic oxidation sites excluding steroid dienone is 2. The van der Waals surface area contributed by atoms with Crippen molar-refractivity contribution in [1.82, 2.24) is 0 Å². The molecule has 1 atom stereocenters. The second-order valence-electron chi connectivity index (χ2n) is 3.77. The molecule has 0 bridgehead atoms. The molecule has 0 aliphatic carbocycles. The van der Waals surface area contributed by atoms with Crippen molar-refractivity contribution < 1.29 is 5.11 Å². The summed E-state index contributed by atoms with van der Waals surface area (Å²) < 4.78 is 0. The van der Waals surface area contributed by atoms with Crippen LogP contribution in [0.1, 0.15) is 52.9 Å². The summed E-state index contributed by atoms with van der Waals surface area (Å²) in [6.07, 6.45) is 8.65. The van der Waals surface area contributed by atoms with Crippen LogP contribution in [0.3, 0.4) is 0 Å². The quantitative estimate of drug-likeness (QED) is 0.613. The van der Waals surface area contributed by atoms with Gasteiger partial charge in [0.15, 0.2) is 0 Å². The molecule has 82 valence electrons. The van der Waals surface area contributed by atoms with Crippen LogP contribution in [-0.2, 0) is 0 Å². The molecule has 0 saturated carbocycles. The Morgan fingerprint density at radius 3 is 2.21 bits per heavy atom. The zero-order valence-electron chi connectivity index (χ0n) is 9.84. The third-order valence-electron chi connectivity index (χ3n) is 2.91. The average Bonchev–Trinajstić information content (AvgIpc) is 2.24. The zero-order valence-corrected chi connectivity index (χ0v) is 9.84. The summed E-state index contributed by atoms with van der Waals surface area (Å²) in [4.78, 5) is 0. The highest BCUT2D eigenvalue weighted by Gasteiger charge is 2.18. The van der Waals surface area contributed by atoms with Crippen molar-refractivity contribution in [2.75, 3.05) is 0 Å². The molecular weight excluding hydrogens is 172 g/mol. The first-order chi connectivity index (χ1) is 6.61. The maximum Gasteiger partial charge on any atom is 0.0825 e. The number of aliphatic hydroxyl groups is 1. The maximum absolute atomic E-state index is 9.94. The molecule has 0 heterocycles.